The van der Waals surface area contributed by atoms with Crippen molar-refractivity contribution in [2.45, 2.75) is 44.9 Å². The lowest BCUT2D eigenvalue weighted by atomic mass is 10.1. The minimum Gasteiger partial charge on any atom is -0.368 e. The Morgan fingerprint density at radius 2 is 2.08 bits per heavy atom. The first-order valence-electron chi connectivity index (χ1n) is 9.26. The number of amides is 1. The van der Waals surface area contributed by atoms with Gasteiger partial charge in [-0.2, -0.15) is 0 Å². The molecule has 0 bridgehead atoms. The molecule has 8 nitrogen and oxygen atoms in total. The highest BCUT2D eigenvalue weighted by Gasteiger charge is 2.32. The lowest BCUT2D eigenvalue weighted by molar-refractivity contribution is -0.145. The standard InChI is InChI=1S/C18H28N4O4/c1-12(26-11-13-4-5-13)16(23)22(15-6-7-19-8-15)10-14-9-20(2)18(25)21(3)17(14)24/h9,12-13,15,19H,4-8,10-11H2,1-3H3. The molecule has 0 aromatic carbocycles. The zero-order valence-electron chi connectivity index (χ0n) is 15.7. The van der Waals surface area contributed by atoms with Crippen molar-refractivity contribution < 1.29 is 9.53 Å². The summed E-state index contributed by atoms with van der Waals surface area (Å²) in [6.45, 7) is 4.12. The van der Waals surface area contributed by atoms with Gasteiger partial charge in [0.15, 0.2) is 0 Å². The summed E-state index contributed by atoms with van der Waals surface area (Å²) in [5.74, 6) is 0.484. The van der Waals surface area contributed by atoms with Crippen LogP contribution in [0.3, 0.4) is 0 Å². The van der Waals surface area contributed by atoms with E-state index in [0.29, 0.717) is 24.6 Å². The second-order valence-corrected chi connectivity index (χ2v) is 7.44. The Labute approximate surface area is 152 Å². The van der Waals surface area contributed by atoms with Crippen molar-refractivity contribution >= 4 is 5.91 Å². The smallest absolute Gasteiger partial charge is 0.330 e. The molecule has 1 saturated carbocycles. The van der Waals surface area contributed by atoms with Crippen LogP contribution in [0.2, 0.25) is 0 Å². The van der Waals surface area contributed by atoms with Crippen molar-refractivity contribution in [2.75, 3.05) is 19.7 Å². The van der Waals surface area contributed by atoms with Crippen LogP contribution < -0.4 is 16.6 Å². The summed E-state index contributed by atoms with van der Waals surface area (Å²) in [4.78, 5) is 39.1. The normalized spacial score (nSPS) is 21.0. The molecule has 3 rings (SSSR count). The largest absolute Gasteiger partial charge is 0.368 e. The highest BCUT2D eigenvalue weighted by molar-refractivity contribution is 5.81. The van der Waals surface area contributed by atoms with Crippen LogP contribution >= 0.6 is 0 Å². The van der Waals surface area contributed by atoms with Crippen LogP contribution in [0.15, 0.2) is 15.8 Å². The lowest BCUT2D eigenvalue weighted by Gasteiger charge is -2.31. The summed E-state index contributed by atoms with van der Waals surface area (Å²) in [7, 11) is 3.06. The molecule has 1 saturated heterocycles. The SMILES string of the molecule is CC(OCC1CC1)C(=O)N(Cc1cn(C)c(=O)n(C)c1=O)C1CCNC1. The van der Waals surface area contributed by atoms with E-state index in [0.717, 1.165) is 17.5 Å². The number of carbonyl (C=O) groups excluding carboxylic acids is 1. The fourth-order valence-corrected chi connectivity index (χ4v) is 3.34. The fraction of sp³-hybridized carbons (Fsp3) is 0.722. The molecule has 1 N–H and O–H groups in total. The van der Waals surface area contributed by atoms with Crippen molar-refractivity contribution in [1.82, 2.24) is 19.4 Å². The molecule has 1 amide bonds. The maximum absolute atomic E-state index is 13.0. The Kier molecular flexibility index (Phi) is 5.62. The molecular formula is C18H28N4O4. The van der Waals surface area contributed by atoms with Crippen molar-refractivity contribution in [2.24, 2.45) is 20.0 Å². The third kappa shape index (κ3) is 4.07. The topological polar surface area (TPSA) is 85.6 Å². The molecule has 8 heteroatoms. The third-order valence-electron chi connectivity index (χ3n) is 5.24. The lowest BCUT2D eigenvalue weighted by Crippen LogP contribution is -2.48. The predicted molar refractivity (Wildman–Crippen MR) is 96.9 cm³/mol. The quantitative estimate of drug-likeness (QED) is 0.711. The monoisotopic (exact) mass is 364 g/mol. The van der Waals surface area contributed by atoms with E-state index in [9.17, 15) is 14.4 Å². The first-order valence-corrected chi connectivity index (χ1v) is 9.26. The number of nitrogens with one attached hydrogen (secondary N) is 1. The van der Waals surface area contributed by atoms with Crippen LogP contribution in [-0.2, 0) is 30.2 Å². The van der Waals surface area contributed by atoms with E-state index in [1.54, 1.807) is 18.9 Å². The van der Waals surface area contributed by atoms with E-state index in [1.165, 1.54) is 30.7 Å². The van der Waals surface area contributed by atoms with E-state index < -0.39 is 6.10 Å². The van der Waals surface area contributed by atoms with Gasteiger partial charge in [-0.1, -0.05) is 0 Å². The van der Waals surface area contributed by atoms with Gasteiger partial charge in [0.05, 0.1) is 18.7 Å². The predicted octanol–water partition coefficient (Wildman–Crippen LogP) is -0.410. The molecule has 2 atom stereocenters. The third-order valence-corrected chi connectivity index (χ3v) is 5.24. The average molecular weight is 364 g/mol. The summed E-state index contributed by atoms with van der Waals surface area (Å²) >= 11 is 0. The molecule has 2 fully saturated rings. The molecular weight excluding hydrogens is 336 g/mol. The van der Waals surface area contributed by atoms with Gasteiger partial charge in [0.25, 0.3) is 11.5 Å². The number of hydrogen-bond acceptors (Lipinski definition) is 5. The second kappa shape index (κ2) is 7.75. The van der Waals surface area contributed by atoms with Gasteiger partial charge in [0.1, 0.15) is 6.10 Å². The molecule has 1 aliphatic heterocycles. The number of ether oxygens (including phenoxy) is 1. The van der Waals surface area contributed by atoms with Gasteiger partial charge in [-0.15, -0.1) is 0 Å². The van der Waals surface area contributed by atoms with Gasteiger partial charge in [-0.3, -0.25) is 14.2 Å². The van der Waals surface area contributed by atoms with Crippen LogP contribution in [0, 0.1) is 5.92 Å². The molecule has 2 heterocycles. The Hall–Kier alpha value is -1.93. The zero-order valence-corrected chi connectivity index (χ0v) is 15.7. The molecule has 2 aliphatic rings. The van der Waals surface area contributed by atoms with Crippen molar-refractivity contribution in [1.29, 1.82) is 0 Å². The second-order valence-electron chi connectivity index (χ2n) is 7.44. The average Bonchev–Trinajstić information content (AvgIpc) is 3.31. The van der Waals surface area contributed by atoms with Crippen molar-refractivity contribution in [3.8, 4) is 0 Å². The Bertz CT molecular complexity index is 774. The van der Waals surface area contributed by atoms with Crippen molar-refractivity contribution in [3.63, 3.8) is 0 Å². The van der Waals surface area contributed by atoms with Gasteiger partial charge in [0.2, 0.25) is 0 Å². The molecule has 0 spiro atoms. The Balaban J connectivity index is 1.81. The number of aromatic nitrogens is 2. The van der Waals surface area contributed by atoms with Gasteiger partial charge < -0.3 is 19.5 Å². The van der Waals surface area contributed by atoms with Crippen LogP contribution in [0.1, 0.15) is 31.7 Å². The number of rotatable bonds is 7. The minimum absolute atomic E-state index is 0.0245. The fourth-order valence-electron chi connectivity index (χ4n) is 3.34. The number of aryl methyl sites for hydroxylation is 1. The molecule has 1 aliphatic carbocycles. The molecule has 26 heavy (non-hydrogen) atoms. The van der Waals surface area contributed by atoms with Gasteiger partial charge in [0, 0.05) is 32.9 Å². The van der Waals surface area contributed by atoms with Crippen LogP contribution in [0.25, 0.3) is 0 Å². The summed E-state index contributed by atoms with van der Waals surface area (Å²) in [6.07, 6.45) is 4.18. The molecule has 144 valence electrons. The molecule has 1 aromatic heterocycles. The highest BCUT2D eigenvalue weighted by atomic mass is 16.5. The Morgan fingerprint density at radius 3 is 2.69 bits per heavy atom. The summed E-state index contributed by atoms with van der Waals surface area (Å²) < 4.78 is 8.21. The Morgan fingerprint density at radius 1 is 1.35 bits per heavy atom. The first kappa shape index (κ1) is 18.8. The van der Waals surface area contributed by atoms with E-state index >= 15 is 0 Å². The van der Waals surface area contributed by atoms with E-state index in [2.05, 4.69) is 5.32 Å². The summed E-state index contributed by atoms with van der Waals surface area (Å²) in [5, 5.41) is 3.27. The number of nitrogens with zero attached hydrogens (tertiary/aromatic N) is 3. The first-order chi connectivity index (χ1) is 12.4. The highest BCUT2D eigenvalue weighted by Crippen LogP contribution is 2.29. The molecule has 2 unspecified atom stereocenters. The summed E-state index contributed by atoms with van der Waals surface area (Å²) in [5.41, 5.74) is -0.298. The molecule has 0 radical (unpaired) electrons. The van der Waals surface area contributed by atoms with Crippen molar-refractivity contribution in [3.05, 3.63) is 32.6 Å². The van der Waals surface area contributed by atoms with E-state index in [-0.39, 0.29) is 29.7 Å². The maximum atomic E-state index is 13.0. The van der Waals surface area contributed by atoms with Crippen LogP contribution in [0.4, 0.5) is 0 Å². The van der Waals surface area contributed by atoms with Gasteiger partial charge >= 0.3 is 5.69 Å². The minimum atomic E-state index is -0.535. The zero-order chi connectivity index (χ0) is 18.8. The van der Waals surface area contributed by atoms with Crippen LogP contribution in [-0.4, -0.2) is 51.8 Å². The maximum Gasteiger partial charge on any atom is 0.330 e. The number of carbonyl (C=O) groups is 1. The van der Waals surface area contributed by atoms with E-state index in [1.807, 2.05) is 0 Å². The van der Waals surface area contributed by atoms with Crippen LogP contribution in [0.5, 0.6) is 0 Å². The molecule has 1 aromatic rings. The van der Waals surface area contributed by atoms with E-state index in [4.69, 9.17) is 4.74 Å². The van der Waals surface area contributed by atoms with Gasteiger partial charge in [-0.25, -0.2) is 4.79 Å². The van der Waals surface area contributed by atoms with Gasteiger partial charge in [-0.05, 0) is 38.6 Å². The number of hydrogen-bond donors (Lipinski definition) is 1. The summed E-state index contributed by atoms with van der Waals surface area (Å²) in [6, 6.07) is 0.0245.